The summed E-state index contributed by atoms with van der Waals surface area (Å²) in [6.45, 7) is 0.979. The van der Waals surface area contributed by atoms with Gasteiger partial charge in [-0.15, -0.1) is 0 Å². The molecule has 0 saturated carbocycles. The van der Waals surface area contributed by atoms with Gasteiger partial charge in [0.05, 0.1) is 18.2 Å². The minimum atomic E-state index is 0.422. The van der Waals surface area contributed by atoms with Crippen molar-refractivity contribution in [1.82, 2.24) is 0 Å². The van der Waals surface area contributed by atoms with Crippen LogP contribution in [-0.4, -0.2) is 0 Å². The molecule has 0 fully saturated rings. The lowest BCUT2D eigenvalue weighted by atomic mass is 10.2. The number of hydrogen-bond donors (Lipinski definition) is 0. The van der Waals surface area contributed by atoms with E-state index in [0.29, 0.717) is 18.8 Å². The highest BCUT2D eigenvalue weighted by Crippen LogP contribution is 2.21. The molecule has 20 heavy (non-hydrogen) atoms. The minimum Gasteiger partial charge on any atom is -0.459 e. The van der Waals surface area contributed by atoms with Crippen molar-refractivity contribution < 1.29 is 9.15 Å². The zero-order valence-electron chi connectivity index (χ0n) is 10.9. The van der Waals surface area contributed by atoms with E-state index in [4.69, 9.17) is 14.4 Å². The van der Waals surface area contributed by atoms with E-state index in [0.717, 1.165) is 22.3 Å². The summed E-state index contributed by atoms with van der Waals surface area (Å²) in [6.07, 6.45) is 0. The van der Waals surface area contributed by atoms with Gasteiger partial charge in [-0.25, -0.2) is 0 Å². The highest BCUT2D eigenvalue weighted by molar-refractivity contribution is 5.79. The van der Waals surface area contributed by atoms with Crippen molar-refractivity contribution in [1.29, 1.82) is 5.26 Å². The van der Waals surface area contributed by atoms with Gasteiger partial charge in [0.25, 0.3) is 0 Å². The Morgan fingerprint density at radius 3 is 2.65 bits per heavy atom. The van der Waals surface area contributed by atoms with Crippen molar-refractivity contribution in [2.45, 2.75) is 13.2 Å². The Morgan fingerprint density at radius 2 is 1.85 bits per heavy atom. The van der Waals surface area contributed by atoms with Gasteiger partial charge in [-0.05, 0) is 29.8 Å². The van der Waals surface area contributed by atoms with Gasteiger partial charge in [0.2, 0.25) is 0 Å². The smallest absolute Gasteiger partial charge is 0.134 e. The van der Waals surface area contributed by atoms with Crippen LogP contribution < -0.4 is 0 Å². The van der Waals surface area contributed by atoms with Crippen molar-refractivity contribution in [3.8, 4) is 6.07 Å². The van der Waals surface area contributed by atoms with Gasteiger partial charge >= 0.3 is 0 Å². The number of nitriles is 1. The van der Waals surface area contributed by atoms with E-state index in [1.54, 1.807) is 6.07 Å². The molecule has 0 aliphatic carbocycles. The molecule has 0 atom stereocenters. The molecule has 1 heterocycles. The molecule has 0 N–H and O–H groups in total. The van der Waals surface area contributed by atoms with Crippen molar-refractivity contribution in [2.24, 2.45) is 0 Å². The number of fused-ring (bicyclic) bond motifs is 1. The van der Waals surface area contributed by atoms with E-state index in [9.17, 15) is 0 Å². The van der Waals surface area contributed by atoms with E-state index in [-0.39, 0.29) is 0 Å². The lowest BCUT2D eigenvalue weighted by Crippen LogP contribution is -1.92. The fraction of sp³-hybridized carbons (Fsp3) is 0.118. The second kappa shape index (κ2) is 5.60. The summed E-state index contributed by atoms with van der Waals surface area (Å²) >= 11 is 0. The summed E-state index contributed by atoms with van der Waals surface area (Å²) in [5, 5.41) is 9.80. The van der Waals surface area contributed by atoms with E-state index < -0.39 is 0 Å². The zero-order valence-corrected chi connectivity index (χ0v) is 10.9. The number of hydrogen-bond acceptors (Lipinski definition) is 3. The first-order chi connectivity index (χ1) is 9.85. The normalized spacial score (nSPS) is 10.6. The van der Waals surface area contributed by atoms with Gasteiger partial charge < -0.3 is 9.15 Å². The minimum absolute atomic E-state index is 0.422. The molecule has 3 heteroatoms. The third-order valence-corrected chi connectivity index (χ3v) is 3.05. The van der Waals surface area contributed by atoms with Crippen LogP contribution in [0, 0.1) is 11.3 Å². The quantitative estimate of drug-likeness (QED) is 0.714. The lowest BCUT2D eigenvalue weighted by molar-refractivity contribution is 0.0941. The van der Waals surface area contributed by atoms with Crippen LogP contribution in [-0.2, 0) is 18.0 Å². The molecular weight excluding hydrogens is 250 g/mol. The number of benzene rings is 2. The van der Waals surface area contributed by atoms with Crippen LogP contribution in [0.5, 0.6) is 0 Å². The Bertz CT molecular complexity index is 754. The molecule has 0 amide bonds. The Hall–Kier alpha value is -2.57. The van der Waals surface area contributed by atoms with Crippen LogP contribution in [0.2, 0.25) is 0 Å². The van der Waals surface area contributed by atoms with Crippen molar-refractivity contribution >= 4 is 11.0 Å². The number of nitrogens with zero attached hydrogens (tertiary/aromatic N) is 1. The van der Waals surface area contributed by atoms with Gasteiger partial charge in [-0.2, -0.15) is 5.26 Å². The van der Waals surface area contributed by atoms with E-state index in [2.05, 4.69) is 6.07 Å². The van der Waals surface area contributed by atoms with Gasteiger partial charge in [-0.3, -0.25) is 0 Å². The Balaban J connectivity index is 1.67. The van der Waals surface area contributed by atoms with E-state index in [1.807, 2.05) is 48.5 Å². The SMILES string of the molecule is N#Cc1ccc2oc(COCc3ccccc3)cc2c1. The predicted octanol–water partition coefficient (Wildman–Crippen LogP) is 4.02. The van der Waals surface area contributed by atoms with Gasteiger partial charge in [0.15, 0.2) is 0 Å². The summed E-state index contributed by atoms with van der Waals surface area (Å²) in [7, 11) is 0. The molecule has 1 aromatic heterocycles. The molecule has 2 aromatic carbocycles. The van der Waals surface area contributed by atoms with Gasteiger partial charge in [-0.1, -0.05) is 30.3 Å². The predicted molar refractivity (Wildman–Crippen MR) is 75.9 cm³/mol. The maximum absolute atomic E-state index is 8.87. The highest BCUT2D eigenvalue weighted by Gasteiger charge is 2.05. The first kappa shape index (κ1) is 12.5. The topological polar surface area (TPSA) is 46.2 Å². The second-order valence-electron chi connectivity index (χ2n) is 4.56. The van der Waals surface area contributed by atoms with Crippen molar-refractivity contribution in [2.75, 3.05) is 0 Å². The van der Waals surface area contributed by atoms with Crippen LogP contribution >= 0.6 is 0 Å². The fourth-order valence-corrected chi connectivity index (χ4v) is 2.08. The van der Waals surface area contributed by atoms with E-state index >= 15 is 0 Å². The van der Waals surface area contributed by atoms with Crippen molar-refractivity contribution in [3.05, 3.63) is 71.5 Å². The lowest BCUT2D eigenvalue weighted by Gasteiger charge is -2.01. The Morgan fingerprint density at radius 1 is 1.00 bits per heavy atom. The first-order valence-corrected chi connectivity index (χ1v) is 6.39. The molecule has 0 spiro atoms. The molecule has 0 bridgehead atoms. The molecule has 0 radical (unpaired) electrons. The molecule has 0 saturated heterocycles. The van der Waals surface area contributed by atoms with Crippen LogP contribution in [0.1, 0.15) is 16.9 Å². The summed E-state index contributed by atoms with van der Waals surface area (Å²) in [6, 6.07) is 19.4. The Kier molecular flexibility index (Phi) is 3.49. The maximum Gasteiger partial charge on any atom is 0.134 e. The van der Waals surface area contributed by atoms with Crippen LogP contribution in [0.15, 0.2) is 59.0 Å². The zero-order chi connectivity index (χ0) is 13.8. The monoisotopic (exact) mass is 263 g/mol. The number of furan rings is 1. The second-order valence-corrected chi connectivity index (χ2v) is 4.56. The van der Waals surface area contributed by atoms with Crippen LogP contribution in [0.3, 0.4) is 0 Å². The summed E-state index contributed by atoms with van der Waals surface area (Å²) in [5.41, 5.74) is 2.55. The van der Waals surface area contributed by atoms with E-state index in [1.165, 1.54) is 0 Å². The summed E-state index contributed by atoms with van der Waals surface area (Å²) in [4.78, 5) is 0. The van der Waals surface area contributed by atoms with Crippen LogP contribution in [0.4, 0.5) is 0 Å². The average Bonchev–Trinajstić information content (AvgIpc) is 2.90. The Labute approximate surface area is 117 Å². The average molecular weight is 263 g/mol. The molecule has 3 aromatic rings. The third-order valence-electron chi connectivity index (χ3n) is 3.05. The molecular formula is C17H13NO2. The van der Waals surface area contributed by atoms with Crippen LogP contribution in [0.25, 0.3) is 11.0 Å². The molecule has 3 rings (SSSR count). The third kappa shape index (κ3) is 2.71. The summed E-state index contributed by atoms with van der Waals surface area (Å²) in [5.74, 6) is 0.769. The summed E-state index contributed by atoms with van der Waals surface area (Å²) < 4.78 is 11.3. The highest BCUT2D eigenvalue weighted by atomic mass is 16.5. The largest absolute Gasteiger partial charge is 0.459 e. The molecule has 98 valence electrons. The van der Waals surface area contributed by atoms with Gasteiger partial charge in [0.1, 0.15) is 18.0 Å². The van der Waals surface area contributed by atoms with Crippen molar-refractivity contribution in [3.63, 3.8) is 0 Å². The molecule has 3 nitrogen and oxygen atoms in total. The maximum atomic E-state index is 8.87. The fourth-order valence-electron chi connectivity index (χ4n) is 2.08. The van der Waals surface area contributed by atoms with Gasteiger partial charge in [0, 0.05) is 5.39 Å². The molecule has 0 aliphatic heterocycles. The number of ether oxygens (including phenoxy) is 1. The molecule has 0 unspecified atom stereocenters. The number of rotatable bonds is 4. The molecule has 0 aliphatic rings. The first-order valence-electron chi connectivity index (χ1n) is 6.39. The standard InChI is InChI=1S/C17H13NO2/c18-10-14-6-7-17-15(8-14)9-16(20-17)12-19-11-13-4-2-1-3-5-13/h1-9H,11-12H2.